The maximum atomic E-state index is 11.8. The summed E-state index contributed by atoms with van der Waals surface area (Å²) >= 11 is 10.6. The van der Waals surface area contributed by atoms with Crippen molar-refractivity contribution in [3.63, 3.8) is 0 Å². The molecule has 2 aromatic heterocycles. The SMILES string of the molecule is COCCl.Cc1cc(=O)c2ccccc2o1.Cc1oc2ccccc2c(=O)c1CCl.O=S(=O)(O)O. The quantitative estimate of drug-likeness (QED) is 0.258. The van der Waals surface area contributed by atoms with Gasteiger partial charge in [-0.05, 0) is 38.1 Å². The van der Waals surface area contributed by atoms with Crippen LogP contribution in [-0.4, -0.2) is 30.7 Å². The number of aryl methyl sites for hydroxylation is 2. The van der Waals surface area contributed by atoms with Gasteiger partial charge in [0.1, 0.15) is 28.8 Å². The molecule has 2 N–H and O–H groups in total. The van der Waals surface area contributed by atoms with E-state index in [-0.39, 0.29) is 16.7 Å². The van der Waals surface area contributed by atoms with Crippen LogP contribution in [0.15, 0.2) is 73.0 Å². The molecule has 0 fully saturated rings. The van der Waals surface area contributed by atoms with Crippen LogP contribution in [0, 0.1) is 13.8 Å². The van der Waals surface area contributed by atoms with Crippen LogP contribution < -0.4 is 10.9 Å². The number of alkyl halides is 2. The second kappa shape index (κ2) is 14.6. The van der Waals surface area contributed by atoms with Crippen LogP contribution in [0.3, 0.4) is 0 Å². The van der Waals surface area contributed by atoms with Gasteiger partial charge in [-0.15, -0.1) is 11.6 Å². The average molecular weight is 547 g/mol. The fourth-order valence-corrected chi connectivity index (χ4v) is 2.98. The smallest absolute Gasteiger partial charge is 0.394 e. The lowest BCUT2D eigenvalue weighted by molar-refractivity contribution is 0.254. The van der Waals surface area contributed by atoms with E-state index in [1.807, 2.05) is 24.3 Å². The van der Waals surface area contributed by atoms with Gasteiger partial charge in [0, 0.05) is 13.2 Å². The first-order valence-electron chi connectivity index (χ1n) is 9.74. The van der Waals surface area contributed by atoms with Gasteiger partial charge in [-0.25, -0.2) is 0 Å². The third kappa shape index (κ3) is 10.6. The van der Waals surface area contributed by atoms with Gasteiger partial charge in [0.15, 0.2) is 10.9 Å². The summed E-state index contributed by atoms with van der Waals surface area (Å²) in [6, 6.07) is 16.2. The van der Waals surface area contributed by atoms with E-state index in [0.717, 1.165) is 0 Å². The minimum Gasteiger partial charge on any atom is -0.461 e. The molecular formula is C23H24Cl2O9S. The van der Waals surface area contributed by atoms with Crippen LogP contribution in [0.5, 0.6) is 0 Å². The molecule has 0 amide bonds. The number of fused-ring (bicyclic) bond motifs is 2. The monoisotopic (exact) mass is 546 g/mol. The third-order valence-corrected chi connectivity index (χ3v) is 4.58. The fraction of sp³-hybridized carbons (Fsp3) is 0.217. The van der Waals surface area contributed by atoms with E-state index in [2.05, 4.69) is 4.74 Å². The molecule has 0 aliphatic carbocycles. The van der Waals surface area contributed by atoms with Gasteiger partial charge in [0.2, 0.25) is 0 Å². The van der Waals surface area contributed by atoms with Crippen LogP contribution in [0.1, 0.15) is 17.1 Å². The molecule has 0 radical (unpaired) electrons. The maximum absolute atomic E-state index is 11.8. The van der Waals surface area contributed by atoms with Gasteiger partial charge >= 0.3 is 10.4 Å². The van der Waals surface area contributed by atoms with E-state index in [1.165, 1.54) is 6.07 Å². The van der Waals surface area contributed by atoms with Crippen LogP contribution in [0.25, 0.3) is 21.9 Å². The largest absolute Gasteiger partial charge is 0.461 e. The predicted molar refractivity (Wildman–Crippen MR) is 136 cm³/mol. The first-order valence-corrected chi connectivity index (χ1v) is 12.2. The van der Waals surface area contributed by atoms with E-state index >= 15 is 0 Å². The summed E-state index contributed by atoms with van der Waals surface area (Å²) in [6.45, 7) is 3.53. The Hall–Kier alpha value is -2.73. The fourth-order valence-electron chi connectivity index (χ4n) is 2.67. The average Bonchev–Trinajstić information content (AvgIpc) is 2.79. The van der Waals surface area contributed by atoms with Crippen molar-refractivity contribution in [1.82, 2.24) is 0 Å². The molecule has 2 heterocycles. The van der Waals surface area contributed by atoms with Crippen molar-refractivity contribution in [3.8, 4) is 0 Å². The molecule has 0 atom stereocenters. The standard InChI is InChI=1S/C11H9ClO2.C10H8O2.C2H5ClO.H2O4S/c1-7-9(6-12)11(13)8-4-2-3-5-10(8)14-7;1-7-6-9(11)8-4-2-3-5-10(8)12-7;1-4-2-3;1-5(2,3)4/h2-5H,6H2,1H3;2-6H,1H3;2H2,1H3;(H2,1,2,3,4). The Balaban J connectivity index is 0.000000264. The molecule has 0 aliphatic heterocycles. The molecule has 4 rings (SSSR count). The topological polar surface area (TPSA) is 144 Å². The number of halogens is 2. The molecular weight excluding hydrogens is 523 g/mol. The Morgan fingerprint density at radius 2 is 1.34 bits per heavy atom. The molecule has 9 nitrogen and oxygen atoms in total. The normalized spacial score (nSPS) is 10.4. The number of para-hydroxylation sites is 2. The molecule has 4 aromatic rings. The summed E-state index contributed by atoms with van der Waals surface area (Å²) in [4.78, 5) is 23.2. The van der Waals surface area contributed by atoms with Crippen molar-refractivity contribution in [2.45, 2.75) is 19.7 Å². The Morgan fingerprint density at radius 3 is 1.83 bits per heavy atom. The van der Waals surface area contributed by atoms with E-state index in [1.54, 1.807) is 45.2 Å². The third-order valence-electron chi connectivity index (χ3n) is 4.09. The highest BCUT2D eigenvalue weighted by molar-refractivity contribution is 7.79. The van der Waals surface area contributed by atoms with E-state index in [4.69, 9.17) is 49.6 Å². The molecule has 0 unspecified atom stereocenters. The van der Waals surface area contributed by atoms with Crippen molar-refractivity contribution in [3.05, 3.63) is 92.1 Å². The first kappa shape index (κ1) is 30.3. The van der Waals surface area contributed by atoms with Crippen molar-refractivity contribution in [2.24, 2.45) is 0 Å². The summed E-state index contributed by atoms with van der Waals surface area (Å²) in [6.07, 6.45) is 0. The molecule has 35 heavy (non-hydrogen) atoms. The molecule has 12 heteroatoms. The number of methoxy groups -OCH3 is 1. The van der Waals surface area contributed by atoms with Crippen LogP contribution >= 0.6 is 23.2 Å². The Bertz CT molecular complexity index is 1450. The van der Waals surface area contributed by atoms with E-state index < -0.39 is 10.4 Å². The second-order valence-electron chi connectivity index (χ2n) is 6.66. The molecule has 0 spiro atoms. The van der Waals surface area contributed by atoms with Gasteiger partial charge in [0.25, 0.3) is 0 Å². The predicted octanol–water partition coefficient (Wildman–Crippen LogP) is 5.12. The molecule has 190 valence electrons. The molecule has 2 aromatic carbocycles. The van der Waals surface area contributed by atoms with Crippen LogP contribution in [0.2, 0.25) is 0 Å². The van der Waals surface area contributed by atoms with Crippen molar-refractivity contribution in [2.75, 3.05) is 13.2 Å². The highest BCUT2D eigenvalue weighted by Crippen LogP contribution is 2.15. The van der Waals surface area contributed by atoms with Crippen molar-refractivity contribution >= 4 is 55.5 Å². The number of hydrogen-bond donors (Lipinski definition) is 2. The summed E-state index contributed by atoms with van der Waals surface area (Å²) in [5.74, 6) is 1.45. The van der Waals surface area contributed by atoms with Gasteiger partial charge in [-0.1, -0.05) is 35.9 Å². The maximum Gasteiger partial charge on any atom is 0.394 e. The van der Waals surface area contributed by atoms with Gasteiger partial charge in [0.05, 0.1) is 22.2 Å². The Labute approximate surface area is 211 Å². The number of hydrogen-bond acceptors (Lipinski definition) is 7. The molecule has 0 saturated heterocycles. The molecule has 0 bridgehead atoms. The van der Waals surface area contributed by atoms with Crippen molar-refractivity contribution in [1.29, 1.82) is 0 Å². The zero-order chi connectivity index (χ0) is 26.6. The van der Waals surface area contributed by atoms with Gasteiger partial charge < -0.3 is 13.6 Å². The second-order valence-corrected chi connectivity index (χ2v) is 8.04. The van der Waals surface area contributed by atoms with E-state index in [0.29, 0.717) is 45.1 Å². The Morgan fingerprint density at radius 1 is 0.886 bits per heavy atom. The first-order chi connectivity index (χ1) is 16.4. The minimum absolute atomic E-state index is 0.0225. The van der Waals surface area contributed by atoms with Gasteiger partial charge in [-0.2, -0.15) is 8.42 Å². The van der Waals surface area contributed by atoms with E-state index in [9.17, 15) is 9.59 Å². The lowest BCUT2D eigenvalue weighted by Gasteiger charge is -2.02. The Kier molecular flexibility index (Phi) is 12.7. The summed E-state index contributed by atoms with van der Waals surface area (Å²) < 4.78 is 46.7. The lowest BCUT2D eigenvalue weighted by atomic mass is 10.1. The summed E-state index contributed by atoms with van der Waals surface area (Å²) in [7, 11) is -3.12. The highest BCUT2D eigenvalue weighted by atomic mass is 35.5. The summed E-state index contributed by atoms with van der Waals surface area (Å²) in [5.41, 5.74) is 1.81. The number of rotatable bonds is 2. The van der Waals surface area contributed by atoms with Gasteiger partial charge in [-0.3, -0.25) is 18.7 Å². The van der Waals surface area contributed by atoms with Crippen molar-refractivity contribution < 1.29 is 31.1 Å². The number of benzene rings is 2. The highest BCUT2D eigenvalue weighted by Gasteiger charge is 2.09. The molecule has 0 aliphatic rings. The molecule has 0 saturated carbocycles. The number of ether oxygens (including phenoxy) is 1. The zero-order valence-corrected chi connectivity index (χ0v) is 21.4. The zero-order valence-electron chi connectivity index (χ0n) is 19.0. The minimum atomic E-state index is -4.67. The summed E-state index contributed by atoms with van der Waals surface area (Å²) in [5, 5.41) is 1.23. The lowest BCUT2D eigenvalue weighted by Crippen LogP contribution is -2.09. The van der Waals surface area contributed by atoms with Crippen LogP contribution in [-0.2, 0) is 21.0 Å². The van der Waals surface area contributed by atoms with Crippen LogP contribution in [0.4, 0.5) is 0 Å².